The zero-order valence-corrected chi connectivity index (χ0v) is 10.8. The summed E-state index contributed by atoms with van der Waals surface area (Å²) in [6.45, 7) is 10.5. The first-order chi connectivity index (χ1) is 6.84. The van der Waals surface area contributed by atoms with Crippen molar-refractivity contribution in [2.24, 2.45) is 17.3 Å². The van der Waals surface area contributed by atoms with E-state index in [4.69, 9.17) is 0 Å². The fourth-order valence-corrected chi connectivity index (χ4v) is 2.61. The largest absolute Gasteiger partial charge is 0.481 e. The van der Waals surface area contributed by atoms with Crippen molar-refractivity contribution < 1.29 is 9.90 Å². The molecule has 0 radical (unpaired) electrons. The summed E-state index contributed by atoms with van der Waals surface area (Å²) < 4.78 is 0. The Balaban J connectivity index is 4.80. The summed E-state index contributed by atoms with van der Waals surface area (Å²) in [6, 6.07) is 0. The maximum Gasteiger partial charge on any atom is 0.309 e. The lowest BCUT2D eigenvalue weighted by molar-refractivity contribution is -0.152. The maximum absolute atomic E-state index is 11.5. The summed E-state index contributed by atoms with van der Waals surface area (Å²) in [4.78, 5) is 11.5. The van der Waals surface area contributed by atoms with E-state index in [0.717, 1.165) is 25.7 Å². The van der Waals surface area contributed by atoms with Gasteiger partial charge in [0, 0.05) is 0 Å². The average molecular weight is 214 g/mol. The lowest BCUT2D eigenvalue weighted by Gasteiger charge is -2.32. The third-order valence-corrected chi connectivity index (χ3v) is 2.78. The van der Waals surface area contributed by atoms with Crippen LogP contribution in [0, 0.1) is 17.3 Å². The number of hydrogen-bond donors (Lipinski definition) is 1. The molecular formula is C13H26O2. The van der Waals surface area contributed by atoms with Gasteiger partial charge >= 0.3 is 5.97 Å². The molecule has 0 aromatic heterocycles. The van der Waals surface area contributed by atoms with E-state index in [2.05, 4.69) is 34.6 Å². The van der Waals surface area contributed by atoms with Gasteiger partial charge in [0.05, 0.1) is 5.41 Å². The van der Waals surface area contributed by atoms with Crippen molar-refractivity contribution in [3.05, 3.63) is 0 Å². The van der Waals surface area contributed by atoms with Crippen LogP contribution in [-0.2, 0) is 4.79 Å². The van der Waals surface area contributed by atoms with Crippen molar-refractivity contribution in [2.45, 2.75) is 60.3 Å². The Labute approximate surface area is 94.1 Å². The number of rotatable bonds is 7. The van der Waals surface area contributed by atoms with Crippen LogP contribution in [0.1, 0.15) is 60.3 Å². The Bertz CT molecular complexity index is 185. The molecule has 0 rings (SSSR count). The molecule has 0 atom stereocenters. The van der Waals surface area contributed by atoms with E-state index in [-0.39, 0.29) is 0 Å². The van der Waals surface area contributed by atoms with Crippen LogP contribution in [0.5, 0.6) is 0 Å². The molecule has 0 fully saturated rings. The predicted octanol–water partition coefficient (Wildman–Crippen LogP) is 3.95. The van der Waals surface area contributed by atoms with Gasteiger partial charge in [-0.25, -0.2) is 0 Å². The molecule has 0 saturated heterocycles. The molecule has 90 valence electrons. The van der Waals surface area contributed by atoms with E-state index in [1.54, 1.807) is 0 Å². The highest BCUT2D eigenvalue weighted by Gasteiger charge is 2.38. The predicted molar refractivity (Wildman–Crippen MR) is 63.9 cm³/mol. The molecule has 1 N–H and O–H groups in total. The van der Waals surface area contributed by atoms with Crippen molar-refractivity contribution in [2.75, 3.05) is 0 Å². The summed E-state index contributed by atoms with van der Waals surface area (Å²) >= 11 is 0. The van der Waals surface area contributed by atoms with Crippen molar-refractivity contribution >= 4 is 5.97 Å². The Hall–Kier alpha value is -0.530. The molecule has 0 heterocycles. The van der Waals surface area contributed by atoms with E-state index in [0.29, 0.717) is 11.8 Å². The van der Waals surface area contributed by atoms with Crippen molar-refractivity contribution in [1.82, 2.24) is 0 Å². The minimum atomic E-state index is -0.605. The summed E-state index contributed by atoms with van der Waals surface area (Å²) in [7, 11) is 0. The van der Waals surface area contributed by atoms with Crippen molar-refractivity contribution in [3.8, 4) is 0 Å². The molecule has 0 unspecified atom stereocenters. The standard InChI is InChI=1S/C13H26O2/c1-6-7-13(12(14)15,8-10(2)3)9-11(4)5/h10-11H,6-9H2,1-5H3,(H,14,15). The van der Waals surface area contributed by atoms with Crippen LogP contribution in [0.25, 0.3) is 0 Å². The van der Waals surface area contributed by atoms with Gasteiger partial charge in [0.15, 0.2) is 0 Å². The van der Waals surface area contributed by atoms with E-state index < -0.39 is 11.4 Å². The van der Waals surface area contributed by atoms with Crippen LogP contribution in [0.2, 0.25) is 0 Å². The van der Waals surface area contributed by atoms with E-state index in [1.807, 2.05) is 0 Å². The van der Waals surface area contributed by atoms with Crippen LogP contribution in [-0.4, -0.2) is 11.1 Å². The van der Waals surface area contributed by atoms with Gasteiger partial charge in [-0.1, -0.05) is 41.0 Å². The molecule has 0 aliphatic carbocycles. The molecule has 0 aliphatic rings. The molecule has 2 heteroatoms. The molecular weight excluding hydrogens is 188 g/mol. The third kappa shape index (κ3) is 4.67. The van der Waals surface area contributed by atoms with Gasteiger partial charge in [0.1, 0.15) is 0 Å². The fourth-order valence-electron chi connectivity index (χ4n) is 2.61. The third-order valence-electron chi connectivity index (χ3n) is 2.78. The lowest BCUT2D eigenvalue weighted by atomic mass is 9.71. The number of carboxylic acid groups (broad SMARTS) is 1. The van der Waals surface area contributed by atoms with Gasteiger partial charge in [-0.05, 0) is 31.1 Å². The van der Waals surface area contributed by atoms with Crippen LogP contribution < -0.4 is 0 Å². The monoisotopic (exact) mass is 214 g/mol. The SMILES string of the molecule is CCCC(CC(C)C)(CC(C)C)C(=O)O. The van der Waals surface area contributed by atoms with Crippen LogP contribution in [0.4, 0.5) is 0 Å². The van der Waals surface area contributed by atoms with E-state index >= 15 is 0 Å². The summed E-state index contributed by atoms with van der Waals surface area (Å²) in [5.41, 5.74) is -0.489. The average Bonchev–Trinajstić information content (AvgIpc) is 2.01. The summed E-state index contributed by atoms with van der Waals surface area (Å²) in [6.07, 6.45) is 3.35. The topological polar surface area (TPSA) is 37.3 Å². The first-order valence-electron chi connectivity index (χ1n) is 6.07. The molecule has 0 saturated carbocycles. The maximum atomic E-state index is 11.5. The van der Waals surface area contributed by atoms with E-state index in [1.165, 1.54) is 0 Å². The first kappa shape index (κ1) is 14.5. The molecule has 0 bridgehead atoms. The second kappa shape index (κ2) is 6.14. The highest BCUT2D eigenvalue weighted by atomic mass is 16.4. The van der Waals surface area contributed by atoms with Gasteiger partial charge in [0.2, 0.25) is 0 Å². The number of carboxylic acids is 1. The molecule has 0 amide bonds. The second-order valence-electron chi connectivity index (χ2n) is 5.53. The van der Waals surface area contributed by atoms with Gasteiger partial charge < -0.3 is 5.11 Å². The quantitative estimate of drug-likeness (QED) is 0.696. The zero-order chi connectivity index (χ0) is 12.1. The van der Waals surface area contributed by atoms with Crippen LogP contribution in [0.15, 0.2) is 0 Å². The molecule has 15 heavy (non-hydrogen) atoms. The zero-order valence-electron chi connectivity index (χ0n) is 10.8. The van der Waals surface area contributed by atoms with Gasteiger partial charge in [-0.3, -0.25) is 4.79 Å². The molecule has 0 aromatic carbocycles. The molecule has 2 nitrogen and oxygen atoms in total. The Kier molecular flexibility index (Phi) is 5.92. The summed E-state index contributed by atoms with van der Waals surface area (Å²) in [5, 5.41) is 9.45. The smallest absolute Gasteiger partial charge is 0.309 e. The second-order valence-corrected chi connectivity index (χ2v) is 5.53. The number of hydrogen-bond acceptors (Lipinski definition) is 1. The van der Waals surface area contributed by atoms with Crippen molar-refractivity contribution in [1.29, 1.82) is 0 Å². The number of aliphatic carboxylic acids is 1. The lowest BCUT2D eigenvalue weighted by Crippen LogP contribution is -2.34. The highest BCUT2D eigenvalue weighted by molar-refractivity contribution is 5.74. The van der Waals surface area contributed by atoms with Crippen LogP contribution >= 0.6 is 0 Å². The minimum Gasteiger partial charge on any atom is -0.481 e. The fraction of sp³-hybridized carbons (Fsp3) is 0.923. The minimum absolute atomic E-state index is 0.450. The van der Waals surface area contributed by atoms with Crippen molar-refractivity contribution in [3.63, 3.8) is 0 Å². The van der Waals surface area contributed by atoms with Gasteiger partial charge in [0.25, 0.3) is 0 Å². The van der Waals surface area contributed by atoms with Gasteiger partial charge in [-0.15, -0.1) is 0 Å². The van der Waals surface area contributed by atoms with E-state index in [9.17, 15) is 9.90 Å². The number of carbonyl (C=O) groups is 1. The molecule has 0 aliphatic heterocycles. The highest BCUT2D eigenvalue weighted by Crippen LogP contribution is 2.38. The molecule has 0 aromatic rings. The van der Waals surface area contributed by atoms with Crippen LogP contribution in [0.3, 0.4) is 0 Å². The Morgan fingerprint density at radius 1 is 1.13 bits per heavy atom. The molecule has 0 spiro atoms. The normalized spacial score (nSPS) is 12.5. The first-order valence-corrected chi connectivity index (χ1v) is 6.07. The van der Waals surface area contributed by atoms with Gasteiger partial charge in [-0.2, -0.15) is 0 Å². The Morgan fingerprint density at radius 3 is 1.73 bits per heavy atom. The Morgan fingerprint density at radius 2 is 1.53 bits per heavy atom. The summed E-state index contributed by atoms with van der Waals surface area (Å²) in [5.74, 6) is 0.296.